The van der Waals surface area contributed by atoms with Gasteiger partial charge in [0.25, 0.3) is 5.91 Å². The number of esters is 1. The van der Waals surface area contributed by atoms with Gasteiger partial charge in [-0.05, 0) is 94.7 Å². The summed E-state index contributed by atoms with van der Waals surface area (Å²) in [6.07, 6.45) is 9.24. The van der Waals surface area contributed by atoms with Crippen LogP contribution in [0.15, 0.2) is 36.5 Å². The van der Waals surface area contributed by atoms with Crippen LogP contribution in [-0.4, -0.2) is 28.3 Å². The second kappa shape index (κ2) is 8.87. The Kier molecular flexibility index (Phi) is 5.78. The fourth-order valence-corrected chi connectivity index (χ4v) is 8.42. The molecule has 188 valence electrons. The quantitative estimate of drug-likeness (QED) is 0.393. The molecule has 1 aromatic carbocycles. The third kappa shape index (κ3) is 3.88. The molecule has 0 radical (unpaired) electrons. The summed E-state index contributed by atoms with van der Waals surface area (Å²) in [5, 5.41) is 8.75. The molecule has 1 N–H and O–H groups in total. The lowest BCUT2D eigenvalue weighted by atomic mass is 9.48. The highest BCUT2D eigenvalue weighted by atomic mass is 32.1. The van der Waals surface area contributed by atoms with Crippen molar-refractivity contribution in [2.75, 3.05) is 11.9 Å². The molecule has 1 amide bonds. The molecule has 0 spiro atoms. The highest BCUT2D eigenvalue weighted by molar-refractivity contribution is 7.16. The molecule has 0 aliphatic heterocycles. The summed E-state index contributed by atoms with van der Waals surface area (Å²) < 4.78 is 7.16. The summed E-state index contributed by atoms with van der Waals surface area (Å²) in [7, 11) is 0. The van der Waals surface area contributed by atoms with Gasteiger partial charge in [-0.25, -0.2) is 9.48 Å². The van der Waals surface area contributed by atoms with Crippen molar-refractivity contribution in [2.45, 2.75) is 64.7 Å². The topological polar surface area (TPSA) is 73.2 Å². The van der Waals surface area contributed by atoms with Gasteiger partial charge in [-0.3, -0.25) is 4.79 Å². The Bertz CT molecular complexity index is 1290. The van der Waals surface area contributed by atoms with Crippen LogP contribution in [0, 0.1) is 31.6 Å². The zero-order valence-electron chi connectivity index (χ0n) is 21.2. The van der Waals surface area contributed by atoms with E-state index < -0.39 is 5.97 Å². The Balaban J connectivity index is 1.41. The van der Waals surface area contributed by atoms with Crippen molar-refractivity contribution in [3.05, 3.63) is 63.8 Å². The largest absolute Gasteiger partial charge is 0.462 e. The predicted molar refractivity (Wildman–Crippen MR) is 141 cm³/mol. The molecule has 3 aromatic rings. The number of benzene rings is 1. The molecule has 36 heavy (non-hydrogen) atoms. The minimum Gasteiger partial charge on any atom is -0.462 e. The van der Waals surface area contributed by atoms with E-state index >= 15 is 0 Å². The molecule has 4 aliphatic carbocycles. The normalized spacial score (nSPS) is 26.2. The molecule has 7 heteroatoms. The third-order valence-electron chi connectivity index (χ3n) is 8.61. The van der Waals surface area contributed by atoms with Crippen LogP contribution in [0.3, 0.4) is 0 Å². The van der Waals surface area contributed by atoms with E-state index in [4.69, 9.17) is 9.84 Å². The molecule has 7 rings (SSSR count). The van der Waals surface area contributed by atoms with Crippen molar-refractivity contribution in [1.82, 2.24) is 9.78 Å². The van der Waals surface area contributed by atoms with Crippen LogP contribution < -0.4 is 5.32 Å². The van der Waals surface area contributed by atoms with Gasteiger partial charge < -0.3 is 10.1 Å². The van der Waals surface area contributed by atoms with Gasteiger partial charge in [-0.15, -0.1) is 11.3 Å². The number of anilines is 1. The van der Waals surface area contributed by atoms with Crippen molar-refractivity contribution in [3.63, 3.8) is 0 Å². The van der Waals surface area contributed by atoms with Gasteiger partial charge >= 0.3 is 5.97 Å². The highest BCUT2D eigenvalue weighted by Crippen LogP contribution is 2.61. The number of amides is 1. The van der Waals surface area contributed by atoms with Gasteiger partial charge in [-0.2, -0.15) is 5.10 Å². The first-order valence-electron chi connectivity index (χ1n) is 13.1. The summed E-state index contributed by atoms with van der Waals surface area (Å²) >= 11 is 1.43. The molecule has 4 aliphatic rings. The molecule has 6 nitrogen and oxygen atoms in total. The Morgan fingerprint density at radius 3 is 2.33 bits per heavy atom. The number of carbonyl (C=O) groups excluding carboxylic acids is 2. The van der Waals surface area contributed by atoms with Crippen LogP contribution in [0.1, 0.15) is 82.3 Å². The first-order valence-corrected chi connectivity index (χ1v) is 13.9. The molecule has 4 saturated carbocycles. The number of nitrogens with one attached hydrogen (secondary N) is 1. The summed E-state index contributed by atoms with van der Waals surface area (Å²) in [4.78, 5) is 27.6. The van der Waals surface area contributed by atoms with Crippen molar-refractivity contribution in [3.8, 4) is 5.69 Å². The number of rotatable bonds is 6. The molecular formula is C29H33N3O3S. The number of aryl methyl sites for hydroxylation is 1. The third-order valence-corrected chi connectivity index (χ3v) is 9.73. The Morgan fingerprint density at radius 1 is 1.08 bits per heavy atom. The Morgan fingerprint density at radius 2 is 1.72 bits per heavy atom. The van der Waals surface area contributed by atoms with E-state index in [2.05, 4.69) is 5.32 Å². The SMILES string of the molecule is CCOC(=O)c1c(NC(=O)c2cn(-c3ccccc3)nc2C23CC4CC(CC(C4)C2)C3)sc(C)c1C. The van der Waals surface area contributed by atoms with Crippen LogP contribution in [0.4, 0.5) is 5.00 Å². The van der Waals surface area contributed by atoms with Gasteiger partial charge in [0.15, 0.2) is 0 Å². The van der Waals surface area contributed by atoms with E-state index in [0.717, 1.165) is 58.8 Å². The van der Waals surface area contributed by atoms with Gasteiger partial charge in [-0.1, -0.05) is 18.2 Å². The number of thiophene rings is 1. The molecule has 2 aromatic heterocycles. The number of carbonyl (C=O) groups is 2. The highest BCUT2D eigenvalue weighted by Gasteiger charge is 2.54. The first kappa shape index (κ1) is 23.5. The van der Waals surface area contributed by atoms with Gasteiger partial charge in [0.1, 0.15) is 5.00 Å². The molecule has 2 heterocycles. The van der Waals surface area contributed by atoms with Crippen LogP contribution >= 0.6 is 11.3 Å². The smallest absolute Gasteiger partial charge is 0.341 e. The van der Waals surface area contributed by atoms with Gasteiger partial charge in [0.05, 0.1) is 29.1 Å². The van der Waals surface area contributed by atoms with E-state index in [1.54, 1.807) is 6.92 Å². The number of para-hydroxylation sites is 1. The van der Waals surface area contributed by atoms with Crippen LogP contribution in [0.5, 0.6) is 0 Å². The number of aromatic nitrogens is 2. The van der Waals surface area contributed by atoms with E-state index in [1.165, 1.54) is 30.6 Å². The second-order valence-corrected chi connectivity index (χ2v) is 12.3. The van der Waals surface area contributed by atoms with Crippen LogP contribution in [0.25, 0.3) is 5.69 Å². The summed E-state index contributed by atoms with van der Waals surface area (Å²) in [6.45, 7) is 5.95. The summed E-state index contributed by atoms with van der Waals surface area (Å²) in [5.41, 5.74) is 3.78. The minimum atomic E-state index is -0.393. The van der Waals surface area contributed by atoms with Crippen LogP contribution in [-0.2, 0) is 10.2 Å². The van der Waals surface area contributed by atoms with Gasteiger partial charge in [0, 0.05) is 16.5 Å². The van der Waals surface area contributed by atoms with Crippen molar-refractivity contribution >= 4 is 28.2 Å². The predicted octanol–water partition coefficient (Wildman–Crippen LogP) is 6.45. The molecule has 0 saturated heterocycles. The molecule has 4 fully saturated rings. The number of nitrogens with zero attached hydrogens (tertiary/aromatic N) is 2. The minimum absolute atomic E-state index is 0.0350. The first-order chi connectivity index (χ1) is 17.4. The maximum atomic E-state index is 13.9. The lowest BCUT2D eigenvalue weighted by Crippen LogP contribution is -2.49. The molecular weight excluding hydrogens is 470 g/mol. The number of ether oxygens (including phenoxy) is 1. The standard InChI is InChI=1S/C29H33N3O3S/c1-4-35-28(34)24-17(2)18(3)36-27(24)30-26(33)23-16-32(22-8-6-5-7-9-22)31-25(23)29-13-19-10-20(14-29)12-21(11-19)15-29/h5-9,16,19-21H,4,10-15H2,1-3H3,(H,30,33). The van der Waals surface area contributed by atoms with E-state index in [1.807, 2.05) is 55.1 Å². The summed E-state index contributed by atoms with van der Waals surface area (Å²) in [5.74, 6) is 1.64. The lowest BCUT2D eigenvalue weighted by molar-refractivity contribution is -0.00765. The molecule has 0 unspecified atom stereocenters. The molecule has 4 bridgehead atoms. The monoisotopic (exact) mass is 503 g/mol. The van der Waals surface area contributed by atoms with Crippen molar-refractivity contribution in [1.29, 1.82) is 0 Å². The van der Waals surface area contributed by atoms with E-state index in [-0.39, 0.29) is 11.3 Å². The van der Waals surface area contributed by atoms with Crippen molar-refractivity contribution in [2.24, 2.45) is 17.8 Å². The second-order valence-electron chi connectivity index (χ2n) is 11.0. The zero-order chi connectivity index (χ0) is 25.0. The van der Waals surface area contributed by atoms with Crippen molar-refractivity contribution < 1.29 is 14.3 Å². The van der Waals surface area contributed by atoms with Crippen LogP contribution in [0.2, 0.25) is 0 Å². The molecule has 0 atom stereocenters. The maximum Gasteiger partial charge on any atom is 0.341 e. The summed E-state index contributed by atoms with van der Waals surface area (Å²) in [6, 6.07) is 10.00. The average Bonchev–Trinajstić information content (AvgIpc) is 3.41. The zero-order valence-corrected chi connectivity index (χ0v) is 22.0. The fourth-order valence-electron chi connectivity index (χ4n) is 7.38. The number of hydrogen-bond acceptors (Lipinski definition) is 5. The Hall–Kier alpha value is -2.93. The fraction of sp³-hybridized carbons (Fsp3) is 0.483. The number of hydrogen-bond donors (Lipinski definition) is 1. The van der Waals surface area contributed by atoms with E-state index in [0.29, 0.717) is 22.7 Å². The Labute approximate surface area is 216 Å². The lowest BCUT2D eigenvalue weighted by Gasteiger charge is -2.56. The maximum absolute atomic E-state index is 13.9. The van der Waals surface area contributed by atoms with E-state index in [9.17, 15) is 9.59 Å². The van der Waals surface area contributed by atoms with Gasteiger partial charge in [0.2, 0.25) is 0 Å². The average molecular weight is 504 g/mol.